The van der Waals surface area contributed by atoms with Crippen molar-refractivity contribution in [2.45, 2.75) is 58.4 Å². The topological polar surface area (TPSA) is 12.0 Å². The molecular weight excluding hydrogens is 250 g/mol. The summed E-state index contributed by atoms with van der Waals surface area (Å²) < 4.78 is 0. The molecule has 2 heteroatoms. The molecule has 0 unspecified atom stereocenters. The molecule has 0 heterocycles. The molecule has 108 valence electrons. The van der Waals surface area contributed by atoms with Crippen LogP contribution in [0.25, 0.3) is 0 Å². The van der Waals surface area contributed by atoms with Crippen molar-refractivity contribution in [1.29, 1.82) is 0 Å². The highest BCUT2D eigenvalue weighted by atomic mass is 32.2. The van der Waals surface area contributed by atoms with Crippen LogP contribution >= 0.6 is 11.8 Å². The van der Waals surface area contributed by atoms with Gasteiger partial charge >= 0.3 is 0 Å². The summed E-state index contributed by atoms with van der Waals surface area (Å²) in [6.45, 7) is 11.1. The molecule has 0 amide bonds. The summed E-state index contributed by atoms with van der Waals surface area (Å²) in [5, 5.41) is 3.51. The van der Waals surface area contributed by atoms with E-state index in [2.05, 4.69) is 51.2 Å². The second-order valence-corrected chi connectivity index (χ2v) is 6.84. The third-order valence-corrected chi connectivity index (χ3v) is 4.28. The fourth-order valence-electron chi connectivity index (χ4n) is 1.99. The third-order valence-electron chi connectivity index (χ3n) is 3.20. The number of thioether (sulfide) groups is 1. The van der Waals surface area contributed by atoms with Crippen LogP contribution in [-0.2, 0) is 6.54 Å². The normalized spacial score (nSPS) is 11.2. The van der Waals surface area contributed by atoms with Crippen LogP contribution in [0.15, 0.2) is 23.1 Å². The molecule has 0 aliphatic rings. The Kier molecular flexibility index (Phi) is 8.24. The molecule has 0 fully saturated rings. The van der Waals surface area contributed by atoms with E-state index in [4.69, 9.17) is 0 Å². The molecule has 1 nitrogen and oxygen atoms in total. The minimum Gasteiger partial charge on any atom is -0.312 e. The van der Waals surface area contributed by atoms with Crippen molar-refractivity contribution < 1.29 is 0 Å². The van der Waals surface area contributed by atoms with E-state index in [1.54, 1.807) is 0 Å². The fourth-order valence-corrected chi connectivity index (χ4v) is 3.00. The molecule has 0 radical (unpaired) electrons. The van der Waals surface area contributed by atoms with Crippen molar-refractivity contribution in [3.05, 3.63) is 29.3 Å². The molecule has 1 aromatic rings. The van der Waals surface area contributed by atoms with Crippen LogP contribution in [0.2, 0.25) is 0 Å². The van der Waals surface area contributed by atoms with Gasteiger partial charge in [-0.2, -0.15) is 0 Å². The zero-order valence-corrected chi connectivity index (χ0v) is 13.8. The van der Waals surface area contributed by atoms with E-state index in [0.29, 0.717) is 5.92 Å². The lowest BCUT2D eigenvalue weighted by molar-refractivity contribution is 0.551. The lowest BCUT2D eigenvalue weighted by atomic mass is 10.1. The van der Waals surface area contributed by atoms with Crippen LogP contribution in [0, 0.1) is 12.8 Å². The zero-order valence-electron chi connectivity index (χ0n) is 13.0. The predicted molar refractivity (Wildman–Crippen MR) is 88.0 cm³/mol. The van der Waals surface area contributed by atoms with Crippen LogP contribution in [0.4, 0.5) is 0 Å². The molecule has 1 N–H and O–H groups in total. The van der Waals surface area contributed by atoms with Crippen LogP contribution < -0.4 is 5.32 Å². The maximum Gasteiger partial charge on any atom is 0.0208 e. The lowest BCUT2D eigenvalue weighted by Crippen LogP contribution is -2.19. The number of benzene rings is 1. The summed E-state index contributed by atoms with van der Waals surface area (Å²) >= 11 is 1.99. The minimum absolute atomic E-state index is 0.716. The minimum atomic E-state index is 0.716. The SMILES string of the molecule is CCCCCSc1ccc(CNCC(C)C)c(C)c1. The molecule has 1 rings (SSSR count). The molecule has 0 aromatic heterocycles. The summed E-state index contributed by atoms with van der Waals surface area (Å²) in [6, 6.07) is 6.89. The van der Waals surface area contributed by atoms with Crippen LogP contribution in [0.5, 0.6) is 0 Å². The van der Waals surface area contributed by atoms with Crippen LogP contribution in [-0.4, -0.2) is 12.3 Å². The van der Waals surface area contributed by atoms with Gasteiger partial charge in [0.1, 0.15) is 0 Å². The number of nitrogens with one attached hydrogen (secondary N) is 1. The van der Waals surface area contributed by atoms with Gasteiger partial charge in [-0.1, -0.05) is 39.7 Å². The fraction of sp³-hybridized carbons (Fsp3) is 0.647. The summed E-state index contributed by atoms with van der Waals surface area (Å²) in [7, 11) is 0. The largest absolute Gasteiger partial charge is 0.312 e. The van der Waals surface area contributed by atoms with E-state index >= 15 is 0 Å². The highest BCUT2D eigenvalue weighted by Crippen LogP contribution is 2.22. The van der Waals surface area contributed by atoms with Crippen molar-refractivity contribution in [2.75, 3.05) is 12.3 Å². The zero-order chi connectivity index (χ0) is 14.1. The number of rotatable bonds is 9. The van der Waals surface area contributed by atoms with Gasteiger partial charge in [0.05, 0.1) is 0 Å². The first-order chi connectivity index (χ1) is 9.13. The molecule has 0 saturated heterocycles. The van der Waals surface area contributed by atoms with Gasteiger partial charge in [-0.15, -0.1) is 11.8 Å². The van der Waals surface area contributed by atoms with Crippen molar-refractivity contribution >= 4 is 11.8 Å². The summed E-state index contributed by atoms with van der Waals surface area (Å²) in [4.78, 5) is 1.42. The molecular formula is C17H29NS. The van der Waals surface area contributed by atoms with E-state index in [-0.39, 0.29) is 0 Å². The Morgan fingerprint density at radius 3 is 2.63 bits per heavy atom. The first-order valence-electron chi connectivity index (χ1n) is 7.56. The average molecular weight is 279 g/mol. The number of hydrogen-bond acceptors (Lipinski definition) is 2. The Morgan fingerprint density at radius 2 is 2.00 bits per heavy atom. The Bertz CT molecular complexity index is 360. The molecule has 0 spiro atoms. The summed E-state index contributed by atoms with van der Waals surface area (Å²) in [5.74, 6) is 1.96. The smallest absolute Gasteiger partial charge is 0.0208 e. The van der Waals surface area contributed by atoms with Crippen molar-refractivity contribution in [3.63, 3.8) is 0 Å². The first kappa shape index (κ1) is 16.6. The number of aryl methyl sites for hydroxylation is 1. The monoisotopic (exact) mass is 279 g/mol. The Hall–Kier alpha value is -0.470. The molecule has 0 atom stereocenters. The molecule has 19 heavy (non-hydrogen) atoms. The van der Waals surface area contributed by atoms with E-state index in [0.717, 1.165) is 13.1 Å². The number of unbranched alkanes of at least 4 members (excludes halogenated alkanes) is 2. The molecule has 0 aliphatic heterocycles. The van der Waals surface area contributed by atoms with Gasteiger partial charge < -0.3 is 5.32 Å². The first-order valence-corrected chi connectivity index (χ1v) is 8.55. The van der Waals surface area contributed by atoms with E-state index < -0.39 is 0 Å². The van der Waals surface area contributed by atoms with Gasteiger partial charge in [-0.25, -0.2) is 0 Å². The van der Waals surface area contributed by atoms with Crippen molar-refractivity contribution in [2.24, 2.45) is 5.92 Å². The average Bonchev–Trinajstić information content (AvgIpc) is 2.37. The van der Waals surface area contributed by atoms with Gasteiger partial charge in [0.25, 0.3) is 0 Å². The van der Waals surface area contributed by atoms with Gasteiger partial charge in [-0.3, -0.25) is 0 Å². The predicted octanol–water partition coefficient (Wildman–Crippen LogP) is 5.02. The highest BCUT2D eigenvalue weighted by Gasteiger charge is 2.01. The van der Waals surface area contributed by atoms with E-state index in [1.807, 2.05) is 11.8 Å². The lowest BCUT2D eigenvalue weighted by Gasteiger charge is -2.11. The van der Waals surface area contributed by atoms with Gasteiger partial charge in [-0.05, 0) is 54.8 Å². The Balaban J connectivity index is 2.40. The highest BCUT2D eigenvalue weighted by molar-refractivity contribution is 7.99. The second kappa shape index (κ2) is 9.44. The maximum absolute atomic E-state index is 3.51. The summed E-state index contributed by atoms with van der Waals surface area (Å²) in [5.41, 5.74) is 2.84. The Labute approximate surface area is 123 Å². The van der Waals surface area contributed by atoms with Crippen molar-refractivity contribution in [3.8, 4) is 0 Å². The second-order valence-electron chi connectivity index (χ2n) is 5.67. The number of hydrogen-bond donors (Lipinski definition) is 1. The maximum atomic E-state index is 3.51. The van der Waals surface area contributed by atoms with Gasteiger partial charge in [0.15, 0.2) is 0 Å². The van der Waals surface area contributed by atoms with Gasteiger partial charge in [0, 0.05) is 11.4 Å². The standard InChI is InChI=1S/C17H29NS/c1-5-6-7-10-19-17-9-8-16(15(4)11-17)13-18-12-14(2)3/h8-9,11,14,18H,5-7,10,12-13H2,1-4H3. The van der Waals surface area contributed by atoms with Gasteiger partial charge in [0.2, 0.25) is 0 Å². The van der Waals surface area contributed by atoms with Crippen LogP contribution in [0.1, 0.15) is 51.2 Å². The van der Waals surface area contributed by atoms with Crippen molar-refractivity contribution in [1.82, 2.24) is 5.32 Å². The summed E-state index contributed by atoms with van der Waals surface area (Å²) in [6.07, 6.45) is 3.99. The molecule has 1 aromatic carbocycles. The molecule has 0 aliphatic carbocycles. The van der Waals surface area contributed by atoms with Crippen LogP contribution in [0.3, 0.4) is 0 Å². The molecule has 0 bridgehead atoms. The quantitative estimate of drug-likeness (QED) is 0.503. The van der Waals surface area contributed by atoms with E-state index in [1.165, 1.54) is 41.0 Å². The third kappa shape index (κ3) is 7.03. The Morgan fingerprint density at radius 1 is 1.21 bits per heavy atom. The molecule has 0 saturated carbocycles. The van der Waals surface area contributed by atoms with E-state index in [9.17, 15) is 0 Å².